The monoisotopic (exact) mass is 492 g/mol. The van der Waals surface area contributed by atoms with E-state index in [2.05, 4.69) is 50.0 Å². The zero-order valence-electron chi connectivity index (χ0n) is 20.2. The molecule has 0 radical (unpaired) electrons. The van der Waals surface area contributed by atoms with Crippen molar-refractivity contribution in [2.45, 2.75) is 6.54 Å². The standard InChI is InChI=1S/C26H32N6O2S/c1-33-14-11-30-7-9-31(10-8-30)18-19-17-23-24(35-19)26(32-12-15-34-16-13-32)29-25(28-23)21-3-2-4-22-20(21)5-6-27-22/h2-6,17,27H,7-16,18H2,1H3. The first-order chi connectivity index (χ1) is 17.3. The molecule has 0 atom stereocenters. The third-order valence-corrected chi connectivity index (χ3v) is 8.11. The van der Waals surface area contributed by atoms with E-state index in [1.54, 1.807) is 7.11 Å². The normalized spacial score (nSPS) is 18.1. The number of aromatic amines is 1. The van der Waals surface area contributed by atoms with Crippen molar-refractivity contribution in [1.82, 2.24) is 24.8 Å². The van der Waals surface area contributed by atoms with Gasteiger partial charge in [0.1, 0.15) is 0 Å². The fraction of sp³-hybridized carbons (Fsp3) is 0.462. The molecule has 1 aromatic carbocycles. The number of nitrogens with zero attached hydrogens (tertiary/aromatic N) is 5. The minimum Gasteiger partial charge on any atom is -0.383 e. The molecular weight excluding hydrogens is 460 g/mol. The third kappa shape index (κ3) is 4.79. The first-order valence-electron chi connectivity index (χ1n) is 12.4. The van der Waals surface area contributed by atoms with Crippen molar-refractivity contribution in [3.05, 3.63) is 41.4 Å². The largest absolute Gasteiger partial charge is 0.383 e. The lowest BCUT2D eigenvalue weighted by Gasteiger charge is -2.34. The molecule has 0 saturated carbocycles. The number of anilines is 1. The highest BCUT2D eigenvalue weighted by Crippen LogP contribution is 2.36. The van der Waals surface area contributed by atoms with E-state index in [9.17, 15) is 0 Å². The fourth-order valence-electron chi connectivity index (χ4n) is 5.04. The Bertz CT molecular complexity index is 1290. The van der Waals surface area contributed by atoms with Gasteiger partial charge in [-0.25, -0.2) is 9.97 Å². The van der Waals surface area contributed by atoms with Gasteiger partial charge in [0.15, 0.2) is 11.6 Å². The molecule has 0 aliphatic carbocycles. The van der Waals surface area contributed by atoms with Gasteiger partial charge in [-0.1, -0.05) is 12.1 Å². The maximum atomic E-state index is 5.63. The highest BCUT2D eigenvalue weighted by Gasteiger charge is 2.22. The van der Waals surface area contributed by atoms with Crippen LogP contribution in [0.1, 0.15) is 4.88 Å². The zero-order chi connectivity index (χ0) is 23.6. The number of piperazine rings is 1. The quantitative estimate of drug-likeness (QED) is 0.424. The number of thiophene rings is 1. The summed E-state index contributed by atoms with van der Waals surface area (Å²) in [7, 11) is 1.77. The zero-order valence-corrected chi connectivity index (χ0v) is 21.0. The van der Waals surface area contributed by atoms with Crippen molar-refractivity contribution in [3.63, 3.8) is 0 Å². The fourth-order valence-corrected chi connectivity index (χ4v) is 6.20. The number of morpholine rings is 1. The lowest BCUT2D eigenvalue weighted by Crippen LogP contribution is -2.46. The van der Waals surface area contributed by atoms with E-state index in [-0.39, 0.29) is 0 Å². The molecule has 0 bridgehead atoms. The van der Waals surface area contributed by atoms with Gasteiger partial charge in [0, 0.05) is 87.0 Å². The van der Waals surface area contributed by atoms with E-state index >= 15 is 0 Å². The molecule has 0 amide bonds. The van der Waals surface area contributed by atoms with Crippen LogP contribution in [0.3, 0.4) is 0 Å². The van der Waals surface area contributed by atoms with Crippen molar-refractivity contribution in [2.75, 3.05) is 77.6 Å². The highest BCUT2D eigenvalue weighted by atomic mass is 32.1. The Morgan fingerprint density at radius 1 is 1.03 bits per heavy atom. The van der Waals surface area contributed by atoms with Gasteiger partial charge in [-0.2, -0.15) is 0 Å². The number of nitrogens with one attached hydrogen (secondary N) is 1. The Morgan fingerprint density at radius 3 is 2.69 bits per heavy atom. The van der Waals surface area contributed by atoms with Gasteiger partial charge in [-0.15, -0.1) is 11.3 Å². The van der Waals surface area contributed by atoms with Gasteiger partial charge in [-0.3, -0.25) is 9.80 Å². The van der Waals surface area contributed by atoms with Crippen LogP contribution in [0.15, 0.2) is 36.5 Å². The Morgan fingerprint density at radius 2 is 1.86 bits per heavy atom. The molecule has 35 heavy (non-hydrogen) atoms. The average molecular weight is 493 g/mol. The van der Waals surface area contributed by atoms with Crippen LogP contribution >= 0.6 is 11.3 Å². The van der Waals surface area contributed by atoms with Gasteiger partial charge in [0.25, 0.3) is 0 Å². The molecule has 2 fully saturated rings. The summed E-state index contributed by atoms with van der Waals surface area (Å²) in [6, 6.07) is 10.7. The van der Waals surface area contributed by atoms with Gasteiger partial charge in [0.2, 0.25) is 0 Å². The lowest BCUT2D eigenvalue weighted by atomic mass is 10.1. The summed E-state index contributed by atoms with van der Waals surface area (Å²) in [6.45, 7) is 10.3. The van der Waals surface area contributed by atoms with Crippen molar-refractivity contribution < 1.29 is 9.47 Å². The van der Waals surface area contributed by atoms with Crippen molar-refractivity contribution in [2.24, 2.45) is 0 Å². The smallest absolute Gasteiger partial charge is 0.162 e. The van der Waals surface area contributed by atoms with Crippen LogP contribution in [0.5, 0.6) is 0 Å². The van der Waals surface area contributed by atoms with Gasteiger partial charge in [0.05, 0.1) is 30.0 Å². The second-order valence-electron chi connectivity index (χ2n) is 9.25. The summed E-state index contributed by atoms with van der Waals surface area (Å²) in [6.07, 6.45) is 1.98. The predicted molar refractivity (Wildman–Crippen MR) is 141 cm³/mol. The van der Waals surface area contributed by atoms with Gasteiger partial charge < -0.3 is 19.4 Å². The topological polar surface area (TPSA) is 69.8 Å². The number of hydrogen-bond acceptors (Lipinski definition) is 8. The highest BCUT2D eigenvalue weighted by molar-refractivity contribution is 7.19. The molecule has 1 N–H and O–H groups in total. The second kappa shape index (κ2) is 10.2. The Hall–Kier alpha value is -2.56. The van der Waals surface area contributed by atoms with E-state index in [4.69, 9.17) is 19.4 Å². The number of hydrogen-bond donors (Lipinski definition) is 1. The molecule has 9 heteroatoms. The number of H-pyrrole nitrogens is 1. The van der Waals surface area contributed by atoms with E-state index in [1.165, 1.54) is 9.58 Å². The molecule has 184 valence electrons. The maximum absolute atomic E-state index is 5.63. The van der Waals surface area contributed by atoms with Crippen LogP contribution in [0.2, 0.25) is 0 Å². The van der Waals surface area contributed by atoms with E-state index in [0.717, 1.165) is 106 Å². The molecule has 3 aromatic heterocycles. The van der Waals surface area contributed by atoms with Gasteiger partial charge >= 0.3 is 0 Å². The number of aromatic nitrogens is 3. The summed E-state index contributed by atoms with van der Waals surface area (Å²) in [5.74, 6) is 1.83. The van der Waals surface area contributed by atoms with Crippen LogP contribution in [-0.2, 0) is 16.0 Å². The first-order valence-corrected chi connectivity index (χ1v) is 13.2. The van der Waals surface area contributed by atoms with Crippen LogP contribution in [0, 0.1) is 0 Å². The lowest BCUT2D eigenvalue weighted by molar-refractivity contribution is 0.0943. The SMILES string of the molecule is COCCN1CCN(Cc2cc3nc(-c4cccc5[nH]ccc45)nc(N4CCOCC4)c3s2)CC1. The van der Waals surface area contributed by atoms with Crippen molar-refractivity contribution in [3.8, 4) is 11.4 Å². The van der Waals surface area contributed by atoms with E-state index < -0.39 is 0 Å². The third-order valence-electron chi connectivity index (χ3n) is 7.01. The molecule has 0 spiro atoms. The molecule has 2 aliphatic heterocycles. The molecule has 2 saturated heterocycles. The minimum absolute atomic E-state index is 0.736. The van der Waals surface area contributed by atoms with E-state index in [0.29, 0.717) is 0 Å². The predicted octanol–water partition coefficient (Wildman–Crippen LogP) is 3.44. The summed E-state index contributed by atoms with van der Waals surface area (Å²) < 4.78 is 12.1. The van der Waals surface area contributed by atoms with Crippen LogP contribution < -0.4 is 4.90 Å². The van der Waals surface area contributed by atoms with Crippen molar-refractivity contribution >= 4 is 38.3 Å². The summed E-state index contributed by atoms with van der Waals surface area (Å²) >= 11 is 1.85. The Balaban J connectivity index is 1.32. The molecular formula is C26H32N6O2S. The number of methoxy groups -OCH3 is 1. The molecule has 6 rings (SSSR count). The summed E-state index contributed by atoms with van der Waals surface area (Å²) in [4.78, 5) is 22.3. The maximum Gasteiger partial charge on any atom is 0.162 e. The summed E-state index contributed by atoms with van der Waals surface area (Å²) in [5, 5.41) is 1.15. The molecule has 0 unspecified atom stereocenters. The van der Waals surface area contributed by atoms with Crippen molar-refractivity contribution in [1.29, 1.82) is 0 Å². The second-order valence-corrected chi connectivity index (χ2v) is 10.4. The number of ether oxygens (including phenoxy) is 2. The number of fused-ring (bicyclic) bond motifs is 2. The number of rotatable bonds is 7. The molecule has 2 aliphatic rings. The average Bonchev–Trinajstić information content (AvgIpc) is 3.55. The number of benzene rings is 1. The molecule has 8 nitrogen and oxygen atoms in total. The van der Waals surface area contributed by atoms with Gasteiger partial charge in [-0.05, 0) is 18.2 Å². The van der Waals surface area contributed by atoms with Crippen LogP contribution in [0.4, 0.5) is 5.82 Å². The Labute approximate surface area is 209 Å². The molecule has 5 heterocycles. The van der Waals surface area contributed by atoms with E-state index in [1.807, 2.05) is 17.5 Å². The molecule has 4 aromatic rings. The van der Waals surface area contributed by atoms with Crippen LogP contribution in [0.25, 0.3) is 32.5 Å². The first kappa shape index (κ1) is 22.9. The summed E-state index contributed by atoms with van der Waals surface area (Å²) in [5.41, 5.74) is 3.22. The minimum atomic E-state index is 0.736. The van der Waals surface area contributed by atoms with Crippen LogP contribution in [-0.4, -0.2) is 97.5 Å². The Kier molecular flexibility index (Phi) is 6.67.